The molecule has 0 radical (unpaired) electrons. The van der Waals surface area contributed by atoms with Gasteiger partial charge in [0.05, 0.1) is 12.0 Å². The first-order chi connectivity index (χ1) is 13.5. The van der Waals surface area contributed by atoms with E-state index in [0.29, 0.717) is 24.2 Å². The molecule has 4 rings (SSSR count). The van der Waals surface area contributed by atoms with Crippen LogP contribution in [0.1, 0.15) is 18.4 Å². The van der Waals surface area contributed by atoms with E-state index < -0.39 is 42.1 Å². The molecule has 0 aromatic heterocycles. The largest absolute Gasteiger partial charge is 0.492 e. The summed E-state index contributed by atoms with van der Waals surface area (Å²) < 4.78 is 19.1. The van der Waals surface area contributed by atoms with E-state index in [2.05, 4.69) is 5.32 Å². The summed E-state index contributed by atoms with van der Waals surface area (Å²) in [5.74, 6) is -2.36. The molecule has 1 aromatic carbocycles. The first-order valence-corrected chi connectivity index (χ1v) is 9.20. The normalized spacial score (nSPS) is 32.3. The van der Waals surface area contributed by atoms with E-state index in [0.717, 1.165) is 4.90 Å². The molecule has 2 aliphatic heterocycles. The van der Waals surface area contributed by atoms with Crippen LogP contribution in [0, 0.1) is 17.7 Å². The Hall–Kier alpha value is -2.55. The number of benzene rings is 1. The fraction of sp³-hybridized carbons (Fsp3) is 0.400. The second kappa shape index (κ2) is 7.46. The van der Waals surface area contributed by atoms with Gasteiger partial charge in [-0.3, -0.25) is 19.8 Å². The minimum atomic E-state index is -1.19. The highest BCUT2D eigenvalue weighted by atomic mass is 19.1. The number of likely N-dealkylation sites (tertiary alicyclic amines) is 1. The fourth-order valence-corrected chi connectivity index (χ4v) is 3.99. The van der Waals surface area contributed by atoms with Crippen LogP contribution >= 0.6 is 0 Å². The molecule has 7 nitrogen and oxygen atoms in total. The van der Waals surface area contributed by atoms with Crippen molar-refractivity contribution < 1.29 is 28.9 Å². The van der Waals surface area contributed by atoms with Gasteiger partial charge in [0.2, 0.25) is 11.8 Å². The van der Waals surface area contributed by atoms with E-state index in [4.69, 9.17) is 4.74 Å². The summed E-state index contributed by atoms with van der Waals surface area (Å²) in [5, 5.41) is 22.3. The number of carbonyl (C=O) groups is 2. The zero-order chi connectivity index (χ0) is 19.8. The lowest BCUT2D eigenvalue weighted by Gasteiger charge is -2.36. The maximum atomic E-state index is 13.3. The highest BCUT2D eigenvalue weighted by molar-refractivity contribution is 6.07. The predicted molar refractivity (Wildman–Crippen MR) is 95.4 cm³/mol. The summed E-state index contributed by atoms with van der Waals surface area (Å²) in [6, 6.07) is 5.22. The number of hydrogen-bond donors (Lipinski definition) is 3. The third-order valence-corrected chi connectivity index (χ3v) is 5.36. The Morgan fingerprint density at radius 3 is 2.79 bits per heavy atom. The molecule has 1 aromatic rings. The van der Waals surface area contributed by atoms with Crippen molar-refractivity contribution in [2.75, 3.05) is 0 Å². The van der Waals surface area contributed by atoms with Gasteiger partial charge in [-0.1, -0.05) is 24.3 Å². The number of nitrogens with one attached hydrogen (secondary N) is 1. The van der Waals surface area contributed by atoms with Crippen LogP contribution in [-0.2, 0) is 20.9 Å². The van der Waals surface area contributed by atoms with E-state index in [1.54, 1.807) is 30.4 Å². The molecule has 0 spiro atoms. The number of allylic oxidation sites excluding steroid dienone is 2. The van der Waals surface area contributed by atoms with E-state index in [1.165, 1.54) is 12.1 Å². The fourth-order valence-electron chi connectivity index (χ4n) is 3.99. The quantitative estimate of drug-likeness (QED) is 0.660. The van der Waals surface area contributed by atoms with Crippen LogP contribution in [0.15, 0.2) is 48.3 Å². The van der Waals surface area contributed by atoms with Gasteiger partial charge in [-0.15, -0.1) is 0 Å². The molecule has 0 bridgehead atoms. The SMILES string of the molecule is O=C1C2C=CC=C(OCc3cccc(F)c3)C2C(=O)N1C1CCC(O)NC1O. The summed E-state index contributed by atoms with van der Waals surface area (Å²) in [6.45, 7) is 0.0714. The Kier molecular flexibility index (Phi) is 5.01. The van der Waals surface area contributed by atoms with Crippen LogP contribution in [0.3, 0.4) is 0 Å². The molecular formula is C20H21FN2O5. The van der Waals surface area contributed by atoms with E-state index >= 15 is 0 Å². The lowest BCUT2D eigenvalue weighted by atomic mass is 9.89. The first-order valence-electron chi connectivity index (χ1n) is 9.20. The summed E-state index contributed by atoms with van der Waals surface area (Å²) in [7, 11) is 0. The maximum absolute atomic E-state index is 13.3. The molecule has 2 heterocycles. The summed E-state index contributed by atoms with van der Waals surface area (Å²) in [5.41, 5.74) is 0.613. The number of carbonyl (C=O) groups excluding carboxylic acids is 2. The minimum Gasteiger partial charge on any atom is -0.492 e. The van der Waals surface area contributed by atoms with Crippen LogP contribution in [0.5, 0.6) is 0 Å². The van der Waals surface area contributed by atoms with Crippen molar-refractivity contribution in [3.8, 4) is 0 Å². The standard InChI is InChI=1S/C20H21FN2O5/c21-12-4-1-3-11(9-12)10-28-15-6-2-5-13-17(15)20(27)23(19(13)26)14-7-8-16(24)22-18(14)25/h1-6,9,13-14,16-18,22,24-25H,7-8,10H2. The number of halogens is 1. The molecule has 3 N–H and O–H groups in total. The molecule has 5 atom stereocenters. The number of aliphatic hydroxyl groups excluding tert-OH is 2. The maximum Gasteiger partial charge on any atom is 0.241 e. The second-order valence-electron chi connectivity index (χ2n) is 7.19. The van der Waals surface area contributed by atoms with Crippen LogP contribution in [0.2, 0.25) is 0 Å². The zero-order valence-corrected chi connectivity index (χ0v) is 15.0. The molecule has 8 heteroatoms. The Morgan fingerprint density at radius 1 is 1.21 bits per heavy atom. The Labute approximate surface area is 161 Å². The van der Waals surface area contributed by atoms with Crippen molar-refractivity contribution in [1.82, 2.24) is 10.2 Å². The molecule has 2 saturated heterocycles. The Balaban J connectivity index is 1.52. The van der Waals surface area contributed by atoms with Gasteiger partial charge in [-0.05, 0) is 36.6 Å². The first kappa shape index (κ1) is 18.8. The number of amides is 2. The van der Waals surface area contributed by atoms with E-state index in [9.17, 15) is 24.2 Å². The number of aliphatic hydroxyl groups is 2. The van der Waals surface area contributed by atoms with Crippen LogP contribution in [0.4, 0.5) is 4.39 Å². The van der Waals surface area contributed by atoms with Crippen molar-refractivity contribution in [1.29, 1.82) is 0 Å². The van der Waals surface area contributed by atoms with Gasteiger partial charge in [-0.25, -0.2) is 4.39 Å². The number of ether oxygens (including phenoxy) is 1. The number of hydrogen-bond acceptors (Lipinski definition) is 6. The smallest absolute Gasteiger partial charge is 0.241 e. The van der Waals surface area contributed by atoms with Crippen molar-refractivity contribution >= 4 is 11.8 Å². The highest BCUT2D eigenvalue weighted by Gasteiger charge is 2.53. The molecule has 1 aliphatic carbocycles. The molecule has 0 saturated carbocycles. The van der Waals surface area contributed by atoms with Crippen LogP contribution < -0.4 is 5.32 Å². The molecule has 2 amide bonds. The molecule has 148 valence electrons. The van der Waals surface area contributed by atoms with E-state index in [1.807, 2.05) is 0 Å². The van der Waals surface area contributed by atoms with Gasteiger partial charge in [0.1, 0.15) is 36.6 Å². The Morgan fingerprint density at radius 2 is 2.04 bits per heavy atom. The molecule has 28 heavy (non-hydrogen) atoms. The van der Waals surface area contributed by atoms with Gasteiger partial charge in [-0.2, -0.15) is 0 Å². The monoisotopic (exact) mass is 388 g/mol. The summed E-state index contributed by atoms with van der Waals surface area (Å²) >= 11 is 0. The highest BCUT2D eigenvalue weighted by Crippen LogP contribution is 2.39. The second-order valence-corrected chi connectivity index (χ2v) is 7.19. The van der Waals surface area contributed by atoms with Gasteiger partial charge < -0.3 is 14.9 Å². The van der Waals surface area contributed by atoms with Crippen molar-refractivity contribution in [2.45, 2.75) is 37.9 Å². The average molecular weight is 388 g/mol. The summed E-state index contributed by atoms with van der Waals surface area (Å²) in [6.07, 6.45) is 3.51. The van der Waals surface area contributed by atoms with Crippen LogP contribution in [0.25, 0.3) is 0 Å². The van der Waals surface area contributed by atoms with Gasteiger partial charge >= 0.3 is 0 Å². The average Bonchev–Trinajstić information content (AvgIpc) is 2.92. The number of rotatable bonds is 4. The van der Waals surface area contributed by atoms with Gasteiger partial charge in [0.15, 0.2) is 0 Å². The molecular weight excluding hydrogens is 367 g/mol. The zero-order valence-electron chi connectivity index (χ0n) is 15.0. The van der Waals surface area contributed by atoms with Gasteiger partial charge in [0.25, 0.3) is 0 Å². The van der Waals surface area contributed by atoms with Crippen molar-refractivity contribution in [2.24, 2.45) is 11.8 Å². The van der Waals surface area contributed by atoms with Crippen molar-refractivity contribution in [3.63, 3.8) is 0 Å². The van der Waals surface area contributed by atoms with Crippen LogP contribution in [-0.4, -0.2) is 45.4 Å². The Bertz CT molecular complexity index is 855. The van der Waals surface area contributed by atoms with Crippen molar-refractivity contribution in [3.05, 3.63) is 59.6 Å². The van der Waals surface area contributed by atoms with Gasteiger partial charge in [0, 0.05) is 0 Å². The summed E-state index contributed by atoms with van der Waals surface area (Å²) in [4.78, 5) is 27.0. The molecule has 2 fully saturated rings. The lowest BCUT2D eigenvalue weighted by molar-refractivity contribution is -0.149. The number of piperidine rings is 1. The number of imide groups is 1. The third kappa shape index (κ3) is 3.34. The predicted octanol–water partition coefficient (Wildman–Crippen LogP) is 0.786. The lowest BCUT2D eigenvalue weighted by Crippen LogP contribution is -2.58. The molecule has 3 aliphatic rings. The minimum absolute atomic E-state index is 0.0714. The van der Waals surface area contributed by atoms with E-state index in [-0.39, 0.29) is 12.4 Å². The number of fused-ring (bicyclic) bond motifs is 1. The molecule has 5 unspecified atom stereocenters. The third-order valence-electron chi connectivity index (χ3n) is 5.36. The number of nitrogens with zero attached hydrogens (tertiary/aromatic N) is 1. The topological polar surface area (TPSA) is 99.1 Å².